The van der Waals surface area contributed by atoms with E-state index in [4.69, 9.17) is 5.73 Å². The van der Waals surface area contributed by atoms with Crippen LogP contribution in [-0.2, 0) is 20.8 Å². The van der Waals surface area contributed by atoms with Crippen LogP contribution in [0, 0.1) is 5.92 Å². The number of aryl methyl sites for hydroxylation is 1. The van der Waals surface area contributed by atoms with Gasteiger partial charge in [0.05, 0.1) is 0 Å². The van der Waals surface area contributed by atoms with Crippen LogP contribution in [0.1, 0.15) is 64.9 Å². The number of primary amides is 1. The Morgan fingerprint density at radius 2 is 1.58 bits per heavy atom. The molecule has 1 rings (SSSR count). The zero-order chi connectivity index (χ0) is 26.9. The van der Waals surface area contributed by atoms with E-state index < -0.39 is 24.0 Å². The summed E-state index contributed by atoms with van der Waals surface area (Å²) >= 11 is 0. The number of nitrogens with two attached hydrogens (primary N) is 1. The molecular formula is C26H44N6O4. The van der Waals surface area contributed by atoms with Crippen molar-refractivity contribution in [1.82, 2.24) is 21.3 Å². The summed E-state index contributed by atoms with van der Waals surface area (Å²) < 4.78 is 0. The van der Waals surface area contributed by atoms with Crippen LogP contribution < -0.4 is 32.3 Å². The van der Waals surface area contributed by atoms with Crippen LogP contribution >= 0.6 is 0 Å². The summed E-state index contributed by atoms with van der Waals surface area (Å²) in [5.74, 6) is -1.14. The second kappa shape index (κ2) is 17.3. The van der Waals surface area contributed by atoms with Gasteiger partial charge in [0.1, 0.15) is 12.1 Å². The number of rotatable bonds is 17. The minimum Gasteiger partial charge on any atom is -0.352 e. The molecule has 0 aromatic heterocycles. The highest BCUT2D eigenvalue weighted by atomic mass is 16.2. The Labute approximate surface area is 214 Å². The quantitative estimate of drug-likeness (QED) is 0.179. The topological polar surface area (TPSA) is 154 Å². The minimum atomic E-state index is -0.849. The number of hydrogen-bond acceptors (Lipinski definition) is 5. The van der Waals surface area contributed by atoms with Gasteiger partial charge < -0.3 is 32.3 Å². The fourth-order valence-corrected chi connectivity index (χ4v) is 3.65. The number of urea groups is 1. The van der Waals surface area contributed by atoms with Crippen molar-refractivity contribution in [1.29, 1.82) is 0 Å². The van der Waals surface area contributed by atoms with Crippen molar-refractivity contribution in [3.63, 3.8) is 0 Å². The monoisotopic (exact) mass is 504 g/mol. The van der Waals surface area contributed by atoms with E-state index in [1.54, 1.807) is 0 Å². The van der Waals surface area contributed by atoms with Gasteiger partial charge in [-0.15, -0.1) is 0 Å². The van der Waals surface area contributed by atoms with E-state index in [9.17, 15) is 19.2 Å². The fourth-order valence-electron chi connectivity index (χ4n) is 3.65. The third-order valence-electron chi connectivity index (χ3n) is 5.83. The maximum absolute atomic E-state index is 13.1. The van der Waals surface area contributed by atoms with Gasteiger partial charge in [-0.2, -0.15) is 0 Å². The van der Waals surface area contributed by atoms with E-state index in [-0.39, 0.29) is 30.7 Å². The van der Waals surface area contributed by atoms with Crippen molar-refractivity contribution in [2.75, 3.05) is 25.5 Å². The molecule has 0 saturated carbocycles. The Bertz CT molecular complexity index is 828. The molecule has 36 heavy (non-hydrogen) atoms. The van der Waals surface area contributed by atoms with Gasteiger partial charge in [-0.3, -0.25) is 14.4 Å². The molecule has 1 aromatic carbocycles. The number of amides is 5. The Hall–Kier alpha value is -3.14. The number of carbonyl (C=O) groups is 4. The van der Waals surface area contributed by atoms with Crippen molar-refractivity contribution < 1.29 is 19.2 Å². The molecular weight excluding hydrogens is 460 g/mol. The van der Waals surface area contributed by atoms with Crippen molar-refractivity contribution >= 4 is 29.4 Å². The van der Waals surface area contributed by atoms with Crippen molar-refractivity contribution in [2.24, 2.45) is 11.7 Å². The molecule has 10 nitrogen and oxygen atoms in total. The Balaban J connectivity index is 2.81. The molecule has 0 saturated heterocycles. The lowest BCUT2D eigenvalue weighted by Gasteiger charge is -2.25. The molecule has 0 aliphatic rings. The SMILES string of the molecule is CCc1ccc(NC(=O)[C@H](CCCNC(N)=O)NC(=O)[C@@H](NC(=O)CCCCCNC)C(C)C)cc1. The lowest BCUT2D eigenvalue weighted by atomic mass is 10.0. The van der Waals surface area contributed by atoms with Crippen molar-refractivity contribution in [3.8, 4) is 0 Å². The highest BCUT2D eigenvalue weighted by molar-refractivity contribution is 5.98. The first kappa shape index (κ1) is 30.9. The predicted octanol–water partition coefficient (Wildman–Crippen LogP) is 2.04. The third kappa shape index (κ3) is 12.5. The summed E-state index contributed by atoms with van der Waals surface area (Å²) in [4.78, 5) is 49.6. The molecule has 0 radical (unpaired) electrons. The van der Waals surface area contributed by atoms with E-state index >= 15 is 0 Å². The van der Waals surface area contributed by atoms with Gasteiger partial charge in [-0.1, -0.05) is 39.3 Å². The summed E-state index contributed by atoms with van der Waals surface area (Å²) in [6.45, 7) is 6.92. The van der Waals surface area contributed by atoms with E-state index in [1.165, 1.54) is 0 Å². The zero-order valence-electron chi connectivity index (χ0n) is 22.1. The fraction of sp³-hybridized carbons (Fsp3) is 0.615. The average Bonchev–Trinajstić information content (AvgIpc) is 2.84. The number of benzene rings is 1. The largest absolute Gasteiger partial charge is 0.352 e. The van der Waals surface area contributed by atoms with Crippen LogP contribution in [0.4, 0.5) is 10.5 Å². The summed E-state index contributed by atoms with van der Waals surface area (Å²) in [5, 5.41) is 14.0. The highest BCUT2D eigenvalue weighted by Crippen LogP contribution is 2.12. The van der Waals surface area contributed by atoms with Crippen LogP contribution in [0.5, 0.6) is 0 Å². The van der Waals surface area contributed by atoms with Crippen LogP contribution in [0.2, 0.25) is 0 Å². The molecule has 0 spiro atoms. The van der Waals surface area contributed by atoms with Gasteiger partial charge in [-0.25, -0.2) is 4.79 Å². The van der Waals surface area contributed by atoms with Gasteiger partial charge >= 0.3 is 6.03 Å². The average molecular weight is 505 g/mol. The van der Waals surface area contributed by atoms with Gasteiger partial charge in [0.25, 0.3) is 0 Å². The molecule has 5 amide bonds. The summed E-state index contributed by atoms with van der Waals surface area (Å²) in [6, 6.07) is 5.24. The lowest BCUT2D eigenvalue weighted by Crippen LogP contribution is -2.54. The van der Waals surface area contributed by atoms with E-state index in [0.29, 0.717) is 18.5 Å². The molecule has 0 bridgehead atoms. The summed E-state index contributed by atoms with van der Waals surface area (Å²) in [6.07, 6.45) is 4.61. The van der Waals surface area contributed by atoms with Crippen LogP contribution in [0.25, 0.3) is 0 Å². The maximum atomic E-state index is 13.1. The van der Waals surface area contributed by atoms with Crippen molar-refractivity contribution in [2.45, 2.75) is 77.8 Å². The van der Waals surface area contributed by atoms with E-state index in [1.807, 2.05) is 52.1 Å². The number of hydrogen-bond donors (Lipinski definition) is 6. The summed E-state index contributed by atoms with van der Waals surface area (Å²) in [5.41, 5.74) is 6.88. The molecule has 1 aromatic rings. The molecule has 0 fully saturated rings. The first-order valence-corrected chi connectivity index (χ1v) is 12.8. The molecule has 0 unspecified atom stereocenters. The Kier molecular flexibility index (Phi) is 14.9. The molecule has 0 aliphatic heterocycles. The molecule has 2 atom stereocenters. The minimum absolute atomic E-state index is 0.167. The second-order valence-corrected chi connectivity index (χ2v) is 9.24. The Morgan fingerprint density at radius 3 is 2.17 bits per heavy atom. The number of unbranched alkanes of at least 4 members (excludes halogenated alkanes) is 2. The van der Waals surface area contributed by atoms with Crippen LogP contribution in [0.3, 0.4) is 0 Å². The van der Waals surface area contributed by atoms with Gasteiger partial charge in [-0.05, 0) is 69.3 Å². The normalized spacial score (nSPS) is 12.5. The number of carbonyl (C=O) groups excluding carboxylic acids is 4. The van der Waals surface area contributed by atoms with Crippen molar-refractivity contribution in [3.05, 3.63) is 29.8 Å². The smallest absolute Gasteiger partial charge is 0.312 e. The zero-order valence-corrected chi connectivity index (χ0v) is 22.1. The highest BCUT2D eigenvalue weighted by Gasteiger charge is 2.28. The number of anilines is 1. The molecule has 10 heteroatoms. The van der Waals surface area contributed by atoms with Crippen LogP contribution in [0.15, 0.2) is 24.3 Å². The molecule has 202 valence electrons. The van der Waals surface area contributed by atoms with Gasteiger partial charge in [0.15, 0.2) is 0 Å². The van der Waals surface area contributed by atoms with Gasteiger partial charge in [0, 0.05) is 18.7 Å². The lowest BCUT2D eigenvalue weighted by molar-refractivity contribution is -0.132. The molecule has 7 N–H and O–H groups in total. The first-order valence-electron chi connectivity index (χ1n) is 12.8. The Morgan fingerprint density at radius 1 is 0.889 bits per heavy atom. The molecule has 0 aliphatic carbocycles. The summed E-state index contributed by atoms with van der Waals surface area (Å²) in [7, 11) is 1.89. The van der Waals surface area contributed by atoms with Crippen LogP contribution in [-0.4, -0.2) is 56.0 Å². The maximum Gasteiger partial charge on any atom is 0.312 e. The third-order valence-corrected chi connectivity index (χ3v) is 5.83. The first-order chi connectivity index (χ1) is 17.2. The number of nitrogens with one attached hydrogen (secondary N) is 5. The molecule has 0 heterocycles. The van der Waals surface area contributed by atoms with E-state index in [2.05, 4.69) is 26.6 Å². The van der Waals surface area contributed by atoms with Gasteiger partial charge in [0.2, 0.25) is 17.7 Å². The predicted molar refractivity (Wildman–Crippen MR) is 142 cm³/mol. The standard InChI is InChI=1S/C26H44N6O4/c1-5-19-12-14-20(15-13-19)30-24(34)21(10-9-17-29-26(27)36)31-25(35)23(18(2)3)32-22(33)11-7-6-8-16-28-4/h12-15,18,21,23,28H,5-11,16-17H2,1-4H3,(H,30,34)(H,31,35)(H,32,33)(H3,27,29,36)/t21-,23-/m0/s1. The van der Waals surface area contributed by atoms with E-state index in [0.717, 1.165) is 37.8 Å². The second-order valence-electron chi connectivity index (χ2n) is 9.24.